The molecular formula is C11H16O2. The van der Waals surface area contributed by atoms with Crippen molar-refractivity contribution in [2.75, 3.05) is 6.61 Å². The fourth-order valence-corrected chi connectivity index (χ4v) is 2.82. The van der Waals surface area contributed by atoms with Crippen molar-refractivity contribution in [3.05, 3.63) is 12.7 Å². The highest BCUT2D eigenvalue weighted by Crippen LogP contribution is 2.50. The average molecular weight is 180 g/mol. The Morgan fingerprint density at radius 3 is 3.31 bits per heavy atom. The van der Waals surface area contributed by atoms with E-state index in [4.69, 9.17) is 4.74 Å². The lowest BCUT2D eigenvalue weighted by Gasteiger charge is -2.37. The van der Waals surface area contributed by atoms with E-state index in [-0.39, 0.29) is 11.4 Å². The van der Waals surface area contributed by atoms with Crippen molar-refractivity contribution in [3.8, 4) is 0 Å². The summed E-state index contributed by atoms with van der Waals surface area (Å²) in [5, 5.41) is 0. The first-order chi connectivity index (χ1) is 6.27. The number of allylic oxidation sites excluding steroid dienone is 1. The van der Waals surface area contributed by atoms with E-state index in [1.807, 2.05) is 6.08 Å². The van der Waals surface area contributed by atoms with Crippen LogP contribution in [0.3, 0.4) is 0 Å². The van der Waals surface area contributed by atoms with Crippen LogP contribution in [0.1, 0.15) is 32.1 Å². The molecule has 1 saturated heterocycles. The van der Waals surface area contributed by atoms with Crippen LogP contribution in [-0.4, -0.2) is 12.6 Å². The molecule has 0 N–H and O–H groups in total. The Bertz CT molecular complexity index is 234. The number of hydrogen-bond donors (Lipinski definition) is 0. The second-order valence-corrected chi connectivity index (χ2v) is 4.31. The van der Waals surface area contributed by atoms with Gasteiger partial charge in [0.2, 0.25) is 0 Å². The molecule has 1 saturated carbocycles. The van der Waals surface area contributed by atoms with Crippen molar-refractivity contribution in [1.82, 2.24) is 0 Å². The molecule has 72 valence electrons. The van der Waals surface area contributed by atoms with Gasteiger partial charge in [0, 0.05) is 11.8 Å². The molecule has 2 nitrogen and oxygen atoms in total. The highest BCUT2D eigenvalue weighted by molar-refractivity contribution is 5.70. The van der Waals surface area contributed by atoms with E-state index < -0.39 is 0 Å². The summed E-state index contributed by atoms with van der Waals surface area (Å²) >= 11 is 0. The minimum Gasteiger partial charge on any atom is -0.465 e. The third-order valence-corrected chi connectivity index (χ3v) is 3.58. The average Bonchev–Trinajstić information content (AvgIpc) is 2.49. The van der Waals surface area contributed by atoms with Crippen LogP contribution in [-0.2, 0) is 9.53 Å². The van der Waals surface area contributed by atoms with E-state index in [0.29, 0.717) is 18.9 Å². The largest absolute Gasteiger partial charge is 0.465 e. The molecule has 0 aromatic rings. The molecule has 2 aliphatic rings. The molecule has 0 bridgehead atoms. The molecule has 13 heavy (non-hydrogen) atoms. The SMILES string of the molecule is C=CC[C@@]12CCC[C@@H]1CC(=O)OC2. The van der Waals surface area contributed by atoms with Crippen LogP contribution >= 0.6 is 0 Å². The topological polar surface area (TPSA) is 26.3 Å². The molecule has 2 atom stereocenters. The molecule has 0 amide bonds. The third kappa shape index (κ3) is 1.38. The van der Waals surface area contributed by atoms with Crippen molar-refractivity contribution in [3.63, 3.8) is 0 Å². The van der Waals surface area contributed by atoms with E-state index in [1.54, 1.807) is 0 Å². The van der Waals surface area contributed by atoms with Gasteiger partial charge in [-0.15, -0.1) is 6.58 Å². The zero-order chi connectivity index (χ0) is 9.31. The molecule has 0 unspecified atom stereocenters. The molecule has 0 aromatic carbocycles. The van der Waals surface area contributed by atoms with E-state index in [9.17, 15) is 4.79 Å². The van der Waals surface area contributed by atoms with E-state index in [0.717, 1.165) is 6.42 Å². The minimum atomic E-state index is -0.00779. The summed E-state index contributed by atoms with van der Waals surface area (Å²) in [5.74, 6) is 0.554. The predicted molar refractivity (Wildman–Crippen MR) is 50.2 cm³/mol. The molecule has 0 radical (unpaired) electrons. The van der Waals surface area contributed by atoms with Crippen LogP contribution in [0, 0.1) is 11.3 Å². The van der Waals surface area contributed by atoms with Crippen molar-refractivity contribution in [2.45, 2.75) is 32.1 Å². The molecule has 1 heterocycles. The van der Waals surface area contributed by atoms with Crippen LogP contribution < -0.4 is 0 Å². The molecule has 1 aliphatic carbocycles. The molecular weight excluding hydrogens is 164 g/mol. The first-order valence-corrected chi connectivity index (χ1v) is 5.03. The van der Waals surface area contributed by atoms with Crippen molar-refractivity contribution < 1.29 is 9.53 Å². The normalized spacial score (nSPS) is 38.2. The summed E-state index contributed by atoms with van der Waals surface area (Å²) in [7, 11) is 0. The summed E-state index contributed by atoms with van der Waals surface area (Å²) in [4.78, 5) is 11.1. The monoisotopic (exact) mass is 180 g/mol. The van der Waals surface area contributed by atoms with Gasteiger partial charge in [-0.2, -0.15) is 0 Å². The minimum absolute atomic E-state index is 0.00779. The second-order valence-electron chi connectivity index (χ2n) is 4.31. The zero-order valence-electron chi connectivity index (χ0n) is 7.92. The van der Waals surface area contributed by atoms with E-state index in [1.165, 1.54) is 19.3 Å². The van der Waals surface area contributed by atoms with E-state index >= 15 is 0 Å². The molecule has 2 heteroatoms. The Morgan fingerprint density at radius 2 is 2.54 bits per heavy atom. The Morgan fingerprint density at radius 1 is 1.69 bits per heavy atom. The number of fused-ring (bicyclic) bond motifs is 1. The maximum Gasteiger partial charge on any atom is 0.306 e. The summed E-state index contributed by atoms with van der Waals surface area (Å²) in [6.07, 6.45) is 7.26. The quantitative estimate of drug-likeness (QED) is 0.481. The fraction of sp³-hybridized carbons (Fsp3) is 0.727. The zero-order valence-corrected chi connectivity index (χ0v) is 7.92. The predicted octanol–water partition coefficient (Wildman–Crippen LogP) is 2.30. The molecule has 1 aliphatic heterocycles. The van der Waals surface area contributed by atoms with Gasteiger partial charge in [0.15, 0.2) is 0 Å². The van der Waals surface area contributed by atoms with Gasteiger partial charge in [-0.25, -0.2) is 0 Å². The number of carbonyl (C=O) groups excluding carboxylic acids is 1. The highest BCUT2D eigenvalue weighted by atomic mass is 16.5. The third-order valence-electron chi connectivity index (χ3n) is 3.58. The van der Waals surface area contributed by atoms with Gasteiger partial charge < -0.3 is 4.74 Å². The van der Waals surface area contributed by atoms with Crippen LogP contribution in [0.4, 0.5) is 0 Å². The van der Waals surface area contributed by atoms with Crippen molar-refractivity contribution >= 4 is 5.97 Å². The summed E-state index contributed by atoms with van der Waals surface area (Å²) in [6.45, 7) is 4.42. The van der Waals surface area contributed by atoms with Gasteiger partial charge in [-0.3, -0.25) is 4.79 Å². The summed E-state index contributed by atoms with van der Waals surface area (Å²) < 4.78 is 5.16. The summed E-state index contributed by atoms with van der Waals surface area (Å²) in [6, 6.07) is 0. The van der Waals surface area contributed by atoms with Crippen LogP contribution in [0.15, 0.2) is 12.7 Å². The Hall–Kier alpha value is -0.790. The lowest BCUT2D eigenvalue weighted by Crippen LogP contribution is -2.38. The number of rotatable bonds is 2. The maximum absolute atomic E-state index is 11.1. The van der Waals surface area contributed by atoms with E-state index in [2.05, 4.69) is 6.58 Å². The number of hydrogen-bond acceptors (Lipinski definition) is 2. The lowest BCUT2D eigenvalue weighted by atomic mass is 9.73. The van der Waals surface area contributed by atoms with Gasteiger partial charge >= 0.3 is 5.97 Å². The molecule has 0 aromatic heterocycles. The van der Waals surface area contributed by atoms with Crippen LogP contribution in [0.2, 0.25) is 0 Å². The number of ether oxygens (including phenoxy) is 1. The smallest absolute Gasteiger partial charge is 0.306 e. The van der Waals surface area contributed by atoms with Crippen molar-refractivity contribution in [2.24, 2.45) is 11.3 Å². The number of cyclic esters (lactones) is 1. The van der Waals surface area contributed by atoms with Gasteiger partial charge in [0.05, 0.1) is 6.61 Å². The maximum atomic E-state index is 11.1. The Kier molecular flexibility index (Phi) is 2.14. The summed E-state index contributed by atoms with van der Waals surface area (Å²) in [5.41, 5.74) is 0.260. The number of esters is 1. The standard InChI is InChI=1S/C11H16O2/c1-2-5-11-6-3-4-9(11)7-10(12)13-8-11/h2,9H,1,3-8H2/t9-,11+/m1/s1. The van der Waals surface area contributed by atoms with Crippen molar-refractivity contribution in [1.29, 1.82) is 0 Å². The van der Waals surface area contributed by atoms with Gasteiger partial charge in [-0.1, -0.05) is 12.5 Å². The first-order valence-electron chi connectivity index (χ1n) is 5.03. The number of carbonyl (C=O) groups is 1. The first kappa shape index (κ1) is 8.79. The molecule has 2 rings (SSSR count). The second kappa shape index (κ2) is 3.17. The van der Waals surface area contributed by atoms with Gasteiger partial charge in [0.1, 0.15) is 0 Å². The lowest BCUT2D eigenvalue weighted by molar-refractivity contribution is -0.158. The fourth-order valence-electron chi connectivity index (χ4n) is 2.82. The van der Waals surface area contributed by atoms with Crippen LogP contribution in [0.25, 0.3) is 0 Å². The highest BCUT2D eigenvalue weighted by Gasteiger charge is 2.46. The van der Waals surface area contributed by atoms with Gasteiger partial charge in [-0.05, 0) is 25.2 Å². The Labute approximate surface area is 79.0 Å². The van der Waals surface area contributed by atoms with Crippen LogP contribution in [0.5, 0.6) is 0 Å². The van der Waals surface area contributed by atoms with Gasteiger partial charge in [0.25, 0.3) is 0 Å². The molecule has 2 fully saturated rings. The molecule has 0 spiro atoms. The Balaban J connectivity index is 2.15.